The summed E-state index contributed by atoms with van der Waals surface area (Å²) in [6.07, 6.45) is 6.99. The molecule has 0 radical (unpaired) electrons. The molecule has 0 aliphatic heterocycles. The fourth-order valence-electron chi connectivity index (χ4n) is 4.66. The molecule has 0 bridgehead atoms. The molecule has 38 heavy (non-hydrogen) atoms. The summed E-state index contributed by atoms with van der Waals surface area (Å²) in [5.74, 6) is 2.59. The summed E-state index contributed by atoms with van der Waals surface area (Å²) in [6, 6.07) is 24.1. The number of unbranched alkanes of at least 4 members (excludes halogenated alkanes) is 3. The molecule has 6 heteroatoms. The maximum atomic E-state index is 12.5. The number of fused-ring (bicyclic) bond motifs is 1. The van der Waals surface area contributed by atoms with Crippen LogP contribution in [0.15, 0.2) is 72.8 Å². The van der Waals surface area contributed by atoms with Crippen molar-refractivity contribution in [2.24, 2.45) is 0 Å². The van der Waals surface area contributed by atoms with Gasteiger partial charge in [0.15, 0.2) is 0 Å². The van der Waals surface area contributed by atoms with E-state index >= 15 is 0 Å². The summed E-state index contributed by atoms with van der Waals surface area (Å²) in [6.45, 7) is 4.46. The summed E-state index contributed by atoms with van der Waals surface area (Å²) in [5, 5.41) is 3.01. The number of para-hydroxylation sites is 3. The van der Waals surface area contributed by atoms with Gasteiger partial charge in [0.1, 0.15) is 17.3 Å². The second-order valence-corrected chi connectivity index (χ2v) is 9.49. The van der Waals surface area contributed by atoms with Crippen LogP contribution in [0, 0.1) is 0 Å². The largest absolute Gasteiger partial charge is 0.496 e. The maximum Gasteiger partial charge on any atom is 0.255 e. The Morgan fingerprint density at radius 1 is 0.895 bits per heavy atom. The average Bonchev–Trinajstić information content (AvgIpc) is 3.32. The van der Waals surface area contributed by atoms with Crippen molar-refractivity contribution in [3.8, 4) is 11.5 Å². The average molecular weight is 514 g/mol. The van der Waals surface area contributed by atoms with Crippen molar-refractivity contribution in [2.75, 3.05) is 20.3 Å². The molecule has 0 saturated carbocycles. The van der Waals surface area contributed by atoms with Gasteiger partial charge >= 0.3 is 0 Å². The minimum absolute atomic E-state index is 0.0915. The summed E-state index contributed by atoms with van der Waals surface area (Å²) in [7, 11) is 1.58. The molecule has 0 unspecified atom stereocenters. The standard InChI is InChI=1S/C32H39N3O3/c1-3-25-18-20-26(21-19-25)38-24-12-11-23-35-29-15-8-7-14-28(29)34-31(35)17-5-4-10-22-33-32(36)27-13-6-9-16-30(27)37-2/h6-9,13-16,18-21H,3-5,10-12,17,22-24H2,1-2H3,(H,33,36). The molecule has 4 rings (SSSR count). The topological polar surface area (TPSA) is 65.4 Å². The predicted molar refractivity (Wildman–Crippen MR) is 153 cm³/mol. The molecule has 3 aromatic carbocycles. The first-order chi connectivity index (χ1) is 18.7. The summed E-state index contributed by atoms with van der Waals surface area (Å²) in [4.78, 5) is 17.4. The van der Waals surface area contributed by atoms with E-state index in [1.165, 1.54) is 11.1 Å². The van der Waals surface area contributed by atoms with Crippen LogP contribution in [0.4, 0.5) is 0 Å². The number of aryl methyl sites for hydroxylation is 3. The zero-order chi connectivity index (χ0) is 26.6. The van der Waals surface area contributed by atoms with Gasteiger partial charge in [0.05, 0.1) is 30.3 Å². The summed E-state index contributed by atoms with van der Waals surface area (Å²) in [5.41, 5.74) is 4.15. The lowest BCUT2D eigenvalue weighted by Crippen LogP contribution is -2.24. The first-order valence-corrected chi connectivity index (χ1v) is 13.8. The molecule has 0 spiro atoms. The summed E-state index contributed by atoms with van der Waals surface area (Å²) >= 11 is 0. The highest BCUT2D eigenvalue weighted by atomic mass is 16.5. The number of rotatable bonds is 15. The van der Waals surface area contributed by atoms with E-state index in [1.807, 2.05) is 18.2 Å². The van der Waals surface area contributed by atoms with Gasteiger partial charge in [0, 0.05) is 19.5 Å². The van der Waals surface area contributed by atoms with Crippen molar-refractivity contribution >= 4 is 16.9 Å². The van der Waals surface area contributed by atoms with Gasteiger partial charge in [-0.25, -0.2) is 4.98 Å². The van der Waals surface area contributed by atoms with Crippen LogP contribution in [0.1, 0.15) is 60.8 Å². The van der Waals surface area contributed by atoms with Gasteiger partial charge in [-0.3, -0.25) is 4.79 Å². The van der Waals surface area contributed by atoms with Gasteiger partial charge < -0.3 is 19.4 Å². The quantitative estimate of drug-likeness (QED) is 0.182. The van der Waals surface area contributed by atoms with E-state index in [0.717, 1.165) is 68.6 Å². The fourth-order valence-corrected chi connectivity index (χ4v) is 4.66. The molecule has 6 nitrogen and oxygen atoms in total. The van der Waals surface area contributed by atoms with Gasteiger partial charge in [-0.05, 0) is 74.1 Å². The predicted octanol–water partition coefficient (Wildman–Crippen LogP) is 6.61. The maximum absolute atomic E-state index is 12.5. The number of ether oxygens (including phenoxy) is 2. The molecular formula is C32H39N3O3. The van der Waals surface area contributed by atoms with Crippen molar-refractivity contribution in [3.05, 3.63) is 89.7 Å². The Morgan fingerprint density at radius 3 is 2.50 bits per heavy atom. The van der Waals surface area contributed by atoms with Gasteiger partial charge in [-0.1, -0.05) is 49.7 Å². The van der Waals surface area contributed by atoms with Crippen LogP contribution in [0.2, 0.25) is 0 Å². The molecule has 4 aromatic rings. The fraction of sp³-hybridized carbons (Fsp3) is 0.375. The Balaban J connectivity index is 1.21. The third kappa shape index (κ3) is 7.37. The first kappa shape index (κ1) is 27.2. The van der Waals surface area contributed by atoms with E-state index in [0.29, 0.717) is 24.5 Å². The first-order valence-electron chi connectivity index (χ1n) is 13.8. The summed E-state index contributed by atoms with van der Waals surface area (Å²) < 4.78 is 13.6. The second-order valence-electron chi connectivity index (χ2n) is 9.49. The van der Waals surface area contributed by atoms with Crippen molar-refractivity contribution in [1.29, 1.82) is 0 Å². The van der Waals surface area contributed by atoms with E-state index in [-0.39, 0.29) is 5.91 Å². The van der Waals surface area contributed by atoms with E-state index in [4.69, 9.17) is 14.5 Å². The number of aromatic nitrogens is 2. The number of carbonyl (C=O) groups is 1. The molecule has 0 aliphatic carbocycles. The number of nitrogens with one attached hydrogen (secondary N) is 1. The normalized spacial score (nSPS) is 11.0. The zero-order valence-corrected chi connectivity index (χ0v) is 22.6. The second kappa shape index (κ2) is 14.2. The SMILES string of the molecule is CCc1ccc(OCCCCn2c(CCCCCNC(=O)c3ccccc3OC)nc3ccccc32)cc1. The highest BCUT2D eigenvalue weighted by molar-refractivity contribution is 5.96. The monoisotopic (exact) mass is 513 g/mol. The number of imidazole rings is 1. The smallest absolute Gasteiger partial charge is 0.255 e. The van der Waals surface area contributed by atoms with Crippen molar-refractivity contribution < 1.29 is 14.3 Å². The number of nitrogens with zero attached hydrogens (tertiary/aromatic N) is 2. The molecule has 0 atom stereocenters. The lowest BCUT2D eigenvalue weighted by atomic mass is 10.1. The highest BCUT2D eigenvalue weighted by Crippen LogP contribution is 2.20. The third-order valence-electron chi connectivity index (χ3n) is 6.82. The Hall–Kier alpha value is -3.80. The molecular weight excluding hydrogens is 474 g/mol. The number of carbonyl (C=O) groups excluding carboxylic acids is 1. The molecule has 1 heterocycles. The van der Waals surface area contributed by atoms with Gasteiger partial charge in [-0.2, -0.15) is 0 Å². The van der Waals surface area contributed by atoms with Crippen LogP contribution >= 0.6 is 0 Å². The van der Waals surface area contributed by atoms with Crippen LogP contribution in [0.3, 0.4) is 0 Å². The van der Waals surface area contributed by atoms with E-state index < -0.39 is 0 Å². The van der Waals surface area contributed by atoms with Crippen molar-refractivity contribution in [1.82, 2.24) is 14.9 Å². The van der Waals surface area contributed by atoms with Crippen LogP contribution < -0.4 is 14.8 Å². The van der Waals surface area contributed by atoms with E-state index in [2.05, 4.69) is 59.3 Å². The lowest BCUT2D eigenvalue weighted by molar-refractivity contribution is 0.0950. The van der Waals surface area contributed by atoms with Crippen molar-refractivity contribution in [3.63, 3.8) is 0 Å². The highest BCUT2D eigenvalue weighted by Gasteiger charge is 2.12. The van der Waals surface area contributed by atoms with Crippen LogP contribution in [-0.2, 0) is 19.4 Å². The number of amides is 1. The molecule has 0 fully saturated rings. The van der Waals surface area contributed by atoms with Gasteiger partial charge in [0.25, 0.3) is 5.91 Å². The third-order valence-corrected chi connectivity index (χ3v) is 6.82. The molecule has 0 aliphatic rings. The lowest BCUT2D eigenvalue weighted by Gasteiger charge is -2.11. The Morgan fingerprint density at radius 2 is 1.68 bits per heavy atom. The molecule has 1 amide bonds. The minimum Gasteiger partial charge on any atom is -0.496 e. The Labute approximate surface area is 226 Å². The van der Waals surface area contributed by atoms with Crippen LogP contribution in [0.25, 0.3) is 11.0 Å². The molecule has 200 valence electrons. The van der Waals surface area contributed by atoms with Gasteiger partial charge in [0.2, 0.25) is 0 Å². The van der Waals surface area contributed by atoms with E-state index in [1.54, 1.807) is 19.2 Å². The van der Waals surface area contributed by atoms with Gasteiger partial charge in [-0.15, -0.1) is 0 Å². The Kier molecular flexibility index (Phi) is 10.2. The molecule has 1 N–H and O–H groups in total. The number of hydrogen-bond donors (Lipinski definition) is 1. The zero-order valence-electron chi connectivity index (χ0n) is 22.6. The minimum atomic E-state index is -0.0915. The number of methoxy groups -OCH3 is 1. The molecule has 1 aromatic heterocycles. The van der Waals surface area contributed by atoms with E-state index in [9.17, 15) is 4.79 Å². The van der Waals surface area contributed by atoms with Crippen LogP contribution in [-0.4, -0.2) is 35.7 Å². The Bertz CT molecular complexity index is 1300. The number of benzene rings is 3. The van der Waals surface area contributed by atoms with Crippen LogP contribution in [0.5, 0.6) is 11.5 Å². The number of hydrogen-bond acceptors (Lipinski definition) is 4. The van der Waals surface area contributed by atoms with Crippen molar-refractivity contribution in [2.45, 2.75) is 58.4 Å². The molecule has 0 saturated heterocycles.